The highest BCUT2D eigenvalue weighted by molar-refractivity contribution is 6.15. The summed E-state index contributed by atoms with van der Waals surface area (Å²) in [6.45, 7) is 9.17. The topological polar surface area (TPSA) is 81.4 Å². The van der Waals surface area contributed by atoms with E-state index >= 15 is 0 Å². The first-order valence-corrected chi connectivity index (χ1v) is 10.2. The first-order valence-electron chi connectivity index (χ1n) is 10.2. The molecule has 0 bridgehead atoms. The van der Waals surface area contributed by atoms with Crippen molar-refractivity contribution in [2.45, 2.75) is 13.1 Å². The Hall–Kier alpha value is -4.33. The lowest BCUT2D eigenvalue weighted by Gasteiger charge is -2.14. The zero-order valence-corrected chi connectivity index (χ0v) is 18.0. The maximum Gasteiger partial charge on any atom is 0.409 e. The zero-order valence-electron chi connectivity index (χ0n) is 18.0. The van der Waals surface area contributed by atoms with Crippen molar-refractivity contribution in [2.75, 3.05) is 6.61 Å². The number of fused-ring (bicyclic) bond motifs is 3. The minimum atomic E-state index is -0.887. The number of allylic oxidation sites excluding steroid dienone is 2. The van der Waals surface area contributed by atoms with Crippen LogP contribution in [-0.4, -0.2) is 33.2 Å². The number of aryl methyl sites for hydroxylation is 1. The van der Waals surface area contributed by atoms with E-state index in [-0.39, 0.29) is 12.4 Å². The van der Waals surface area contributed by atoms with Gasteiger partial charge in [-0.05, 0) is 42.8 Å². The van der Waals surface area contributed by atoms with E-state index in [9.17, 15) is 9.18 Å². The SMILES string of the molecule is C=C/C=C(\C=C)COC(=O)NC1N=C(c2ccc(F)cc2)c2ccccc2-n2c(C)nnc21. The van der Waals surface area contributed by atoms with Gasteiger partial charge in [0.1, 0.15) is 18.2 Å². The molecule has 2 heterocycles. The Kier molecular flexibility index (Phi) is 6.26. The molecule has 1 unspecified atom stereocenters. The van der Waals surface area contributed by atoms with Crippen molar-refractivity contribution >= 4 is 11.8 Å². The van der Waals surface area contributed by atoms with Crippen molar-refractivity contribution < 1.29 is 13.9 Å². The average Bonchev–Trinajstić information content (AvgIpc) is 3.14. The van der Waals surface area contributed by atoms with Gasteiger partial charge >= 0.3 is 6.09 Å². The van der Waals surface area contributed by atoms with Gasteiger partial charge in [-0.15, -0.1) is 10.2 Å². The maximum absolute atomic E-state index is 13.6. The van der Waals surface area contributed by atoms with Crippen molar-refractivity contribution in [3.63, 3.8) is 0 Å². The third-order valence-electron chi connectivity index (χ3n) is 5.09. The lowest BCUT2D eigenvalue weighted by molar-refractivity contribution is 0.152. The second-order valence-electron chi connectivity index (χ2n) is 7.25. The Morgan fingerprint density at radius 2 is 1.94 bits per heavy atom. The number of hydrogen-bond acceptors (Lipinski definition) is 5. The highest BCUT2D eigenvalue weighted by Crippen LogP contribution is 2.29. The number of aliphatic imine (C=N–C) groups is 1. The Bertz CT molecular complexity index is 1270. The summed E-state index contributed by atoms with van der Waals surface area (Å²) < 4.78 is 20.8. The number of carbonyl (C=O) groups is 1. The number of nitrogens with one attached hydrogen (secondary N) is 1. The summed E-state index contributed by atoms with van der Waals surface area (Å²) in [5, 5.41) is 11.2. The van der Waals surface area contributed by atoms with Gasteiger partial charge in [0, 0.05) is 11.1 Å². The Morgan fingerprint density at radius 1 is 1.18 bits per heavy atom. The number of para-hydroxylation sites is 1. The van der Waals surface area contributed by atoms with E-state index in [0.29, 0.717) is 28.5 Å². The van der Waals surface area contributed by atoms with Crippen LogP contribution >= 0.6 is 0 Å². The van der Waals surface area contributed by atoms with Crippen LogP contribution in [-0.2, 0) is 4.74 Å². The number of ether oxygens (including phenoxy) is 1. The fraction of sp³-hybridized carbons (Fsp3) is 0.120. The molecule has 33 heavy (non-hydrogen) atoms. The molecule has 1 aliphatic heterocycles. The molecule has 3 aromatic rings. The molecule has 0 radical (unpaired) electrons. The van der Waals surface area contributed by atoms with Gasteiger partial charge in [0.2, 0.25) is 0 Å². The lowest BCUT2D eigenvalue weighted by Crippen LogP contribution is -2.30. The van der Waals surface area contributed by atoms with Gasteiger partial charge in [0.05, 0.1) is 11.4 Å². The van der Waals surface area contributed by atoms with Gasteiger partial charge in [0.25, 0.3) is 0 Å². The molecule has 0 aliphatic carbocycles. The number of benzene rings is 2. The standard InChI is InChI=1S/C25H22FN5O2/c1-4-8-17(5-2)15-33-25(32)28-23-24-30-29-16(3)31(24)21-10-7-6-9-20(21)22(27-23)18-11-13-19(26)14-12-18/h4-14,23H,1-2,15H2,3H3,(H,28,32)/b17-8+. The molecule has 0 fully saturated rings. The summed E-state index contributed by atoms with van der Waals surface area (Å²) in [6, 6.07) is 13.7. The van der Waals surface area contributed by atoms with Gasteiger partial charge in [-0.1, -0.05) is 49.6 Å². The molecule has 0 spiro atoms. The van der Waals surface area contributed by atoms with Crippen LogP contribution in [0.2, 0.25) is 0 Å². The van der Waals surface area contributed by atoms with Crippen molar-refractivity contribution in [1.82, 2.24) is 20.1 Å². The first kappa shape index (κ1) is 21.9. The van der Waals surface area contributed by atoms with Gasteiger partial charge in [0.15, 0.2) is 12.0 Å². The van der Waals surface area contributed by atoms with Crippen molar-refractivity contribution in [3.05, 3.63) is 114 Å². The summed E-state index contributed by atoms with van der Waals surface area (Å²) >= 11 is 0. The number of nitrogens with zero attached hydrogens (tertiary/aromatic N) is 4. The molecule has 7 nitrogen and oxygen atoms in total. The number of hydrogen-bond donors (Lipinski definition) is 1. The number of carbonyl (C=O) groups excluding carboxylic acids is 1. The predicted molar refractivity (Wildman–Crippen MR) is 124 cm³/mol. The highest BCUT2D eigenvalue weighted by atomic mass is 19.1. The molecular weight excluding hydrogens is 421 g/mol. The monoisotopic (exact) mass is 443 g/mol. The number of amides is 1. The fourth-order valence-electron chi connectivity index (χ4n) is 3.54. The van der Waals surface area contributed by atoms with E-state index in [4.69, 9.17) is 9.73 Å². The van der Waals surface area contributed by atoms with E-state index in [0.717, 1.165) is 11.3 Å². The second kappa shape index (κ2) is 9.44. The van der Waals surface area contributed by atoms with Crippen LogP contribution in [0.3, 0.4) is 0 Å². The van der Waals surface area contributed by atoms with Crippen molar-refractivity contribution in [1.29, 1.82) is 0 Å². The van der Waals surface area contributed by atoms with Crippen LogP contribution in [0.25, 0.3) is 5.69 Å². The zero-order chi connectivity index (χ0) is 23.4. The summed E-state index contributed by atoms with van der Waals surface area (Å²) in [5.41, 5.74) is 3.58. The van der Waals surface area contributed by atoms with Crippen LogP contribution in [0.5, 0.6) is 0 Å². The minimum absolute atomic E-state index is 0.0224. The molecule has 2 aromatic carbocycles. The van der Waals surface area contributed by atoms with E-state index < -0.39 is 12.3 Å². The number of alkyl carbamates (subject to hydrolysis) is 1. The van der Waals surface area contributed by atoms with E-state index in [1.807, 2.05) is 35.8 Å². The molecule has 1 atom stereocenters. The molecule has 0 saturated carbocycles. The Balaban J connectivity index is 1.75. The van der Waals surface area contributed by atoms with Gasteiger partial charge < -0.3 is 4.74 Å². The molecule has 4 rings (SSSR count). The largest absolute Gasteiger partial charge is 0.445 e. The highest BCUT2D eigenvalue weighted by Gasteiger charge is 2.29. The van der Waals surface area contributed by atoms with E-state index in [1.54, 1.807) is 30.4 Å². The molecule has 1 aliphatic rings. The van der Waals surface area contributed by atoms with Crippen molar-refractivity contribution in [2.24, 2.45) is 4.99 Å². The molecule has 1 N–H and O–H groups in total. The third kappa shape index (κ3) is 4.50. The first-order chi connectivity index (χ1) is 16.0. The molecule has 1 aromatic heterocycles. The van der Waals surface area contributed by atoms with E-state index in [2.05, 4.69) is 28.7 Å². The lowest BCUT2D eigenvalue weighted by atomic mass is 10.0. The third-order valence-corrected chi connectivity index (χ3v) is 5.09. The summed E-state index contributed by atoms with van der Waals surface area (Å²) in [4.78, 5) is 17.4. The molecular formula is C25H22FN5O2. The fourth-order valence-corrected chi connectivity index (χ4v) is 3.54. The number of aromatic nitrogens is 3. The number of halogens is 1. The minimum Gasteiger partial charge on any atom is -0.445 e. The Labute approximate surface area is 190 Å². The predicted octanol–water partition coefficient (Wildman–Crippen LogP) is 4.59. The summed E-state index contributed by atoms with van der Waals surface area (Å²) in [5.74, 6) is 0.716. The Morgan fingerprint density at radius 3 is 2.67 bits per heavy atom. The molecule has 8 heteroatoms. The van der Waals surface area contributed by atoms with Crippen LogP contribution in [0.4, 0.5) is 9.18 Å². The van der Waals surface area contributed by atoms with E-state index in [1.165, 1.54) is 12.1 Å². The van der Waals surface area contributed by atoms with Crippen LogP contribution < -0.4 is 5.32 Å². The van der Waals surface area contributed by atoms with Crippen molar-refractivity contribution in [3.8, 4) is 5.69 Å². The quantitative estimate of drug-likeness (QED) is 0.565. The second-order valence-corrected chi connectivity index (χ2v) is 7.25. The van der Waals surface area contributed by atoms with Gasteiger partial charge in [-0.2, -0.15) is 0 Å². The maximum atomic E-state index is 13.6. The van der Waals surface area contributed by atoms with Gasteiger partial charge in [-0.3, -0.25) is 14.9 Å². The van der Waals surface area contributed by atoms with Crippen LogP contribution in [0.1, 0.15) is 28.9 Å². The van der Waals surface area contributed by atoms with Crippen LogP contribution in [0, 0.1) is 12.7 Å². The molecule has 166 valence electrons. The van der Waals surface area contributed by atoms with Crippen LogP contribution in [0.15, 0.2) is 90.5 Å². The average molecular weight is 443 g/mol. The molecule has 0 saturated heterocycles. The number of rotatable bonds is 6. The molecule has 1 amide bonds. The van der Waals surface area contributed by atoms with Gasteiger partial charge in [-0.25, -0.2) is 9.18 Å². The summed E-state index contributed by atoms with van der Waals surface area (Å²) in [6.07, 6.45) is 3.31. The normalized spacial score (nSPS) is 14.9. The summed E-state index contributed by atoms with van der Waals surface area (Å²) in [7, 11) is 0. The smallest absolute Gasteiger partial charge is 0.409 e.